The van der Waals surface area contributed by atoms with Crippen LogP contribution in [0.15, 0.2) is 29.8 Å². The van der Waals surface area contributed by atoms with Gasteiger partial charge in [0.25, 0.3) is 0 Å². The van der Waals surface area contributed by atoms with E-state index < -0.39 is 16.1 Å². The zero-order valence-corrected chi connectivity index (χ0v) is 17.2. The summed E-state index contributed by atoms with van der Waals surface area (Å²) in [5, 5.41) is 3.32. The lowest BCUT2D eigenvalue weighted by Gasteiger charge is -2.28. The molecule has 0 saturated heterocycles. The Kier molecular flexibility index (Phi) is 7.12. The maximum absolute atomic E-state index is 12.5. The molecule has 1 N–H and O–H groups in total. The van der Waals surface area contributed by atoms with Crippen LogP contribution in [0.1, 0.15) is 44.6 Å². The molecule has 1 aromatic carbocycles. The molecule has 0 spiro atoms. The second-order valence-corrected chi connectivity index (χ2v) is 9.08. The molecule has 0 fully saturated rings. The van der Waals surface area contributed by atoms with Crippen LogP contribution in [0.2, 0.25) is 5.02 Å². The van der Waals surface area contributed by atoms with Gasteiger partial charge in [-0.05, 0) is 63.6 Å². The number of carbonyl (C=O) groups is 1. The molecule has 1 amide bonds. The van der Waals surface area contributed by atoms with E-state index in [0.717, 1.165) is 35.4 Å². The van der Waals surface area contributed by atoms with Gasteiger partial charge in [-0.15, -0.1) is 0 Å². The molecular weight excluding hydrogens is 372 g/mol. The minimum Gasteiger partial charge on any atom is -0.354 e. The third-order valence-electron chi connectivity index (χ3n) is 4.63. The number of aryl methyl sites for hydroxylation is 1. The molecule has 0 aliphatic heterocycles. The summed E-state index contributed by atoms with van der Waals surface area (Å²) >= 11 is 6.13. The van der Waals surface area contributed by atoms with Crippen LogP contribution < -0.4 is 9.62 Å². The maximum Gasteiger partial charge on any atom is 0.243 e. The lowest BCUT2D eigenvalue weighted by atomic mass is 9.97. The van der Waals surface area contributed by atoms with Crippen molar-refractivity contribution < 1.29 is 13.2 Å². The average molecular weight is 399 g/mol. The molecular formula is C19H27ClN2O3S. The van der Waals surface area contributed by atoms with Crippen LogP contribution >= 0.6 is 11.6 Å². The number of allylic oxidation sites excluding steroid dienone is 1. The van der Waals surface area contributed by atoms with Gasteiger partial charge in [0.15, 0.2) is 0 Å². The Balaban J connectivity index is 2.08. The molecule has 0 aromatic heterocycles. The number of benzene rings is 1. The molecule has 144 valence electrons. The Morgan fingerprint density at radius 3 is 2.65 bits per heavy atom. The van der Waals surface area contributed by atoms with Crippen molar-refractivity contribution in [2.75, 3.05) is 17.1 Å². The molecule has 1 aliphatic rings. The Morgan fingerprint density at radius 2 is 2.08 bits per heavy atom. The highest BCUT2D eigenvalue weighted by molar-refractivity contribution is 7.92. The molecule has 5 nitrogen and oxygen atoms in total. The van der Waals surface area contributed by atoms with Crippen molar-refractivity contribution in [3.63, 3.8) is 0 Å². The van der Waals surface area contributed by atoms with Crippen LogP contribution in [0, 0.1) is 6.92 Å². The fourth-order valence-corrected chi connectivity index (χ4v) is 4.49. The Labute approximate surface area is 161 Å². The SMILES string of the molecule is Cc1ccc(N([C@H](C)C(=O)NCCC2=CCCCC2)S(C)(=O)=O)cc1Cl. The van der Waals surface area contributed by atoms with Gasteiger partial charge in [-0.2, -0.15) is 0 Å². The first-order chi connectivity index (χ1) is 12.2. The number of amides is 1. The number of nitrogens with zero attached hydrogens (tertiary/aromatic N) is 1. The lowest BCUT2D eigenvalue weighted by molar-refractivity contribution is -0.121. The van der Waals surface area contributed by atoms with Crippen LogP contribution in [-0.4, -0.2) is 33.2 Å². The molecule has 0 heterocycles. The third kappa shape index (κ3) is 5.48. The van der Waals surface area contributed by atoms with E-state index in [-0.39, 0.29) is 5.91 Å². The number of hydrogen-bond donors (Lipinski definition) is 1. The summed E-state index contributed by atoms with van der Waals surface area (Å²) in [5.41, 5.74) is 2.61. The predicted octanol–water partition coefficient (Wildman–Crippen LogP) is 3.81. The van der Waals surface area contributed by atoms with Crippen LogP contribution in [0.3, 0.4) is 0 Å². The highest BCUT2D eigenvalue weighted by Crippen LogP contribution is 2.26. The number of nitrogens with one attached hydrogen (secondary N) is 1. The van der Waals surface area contributed by atoms with E-state index >= 15 is 0 Å². The Bertz CT molecular complexity index is 790. The molecule has 26 heavy (non-hydrogen) atoms. The molecule has 0 radical (unpaired) electrons. The molecule has 0 bridgehead atoms. The summed E-state index contributed by atoms with van der Waals surface area (Å²) in [6.45, 7) is 3.94. The van der Waals surface area contributed by atoms with Gasteiger partial charge in [0.2, 0.25) is 15.9 Å². The van der Waals surface area contributed by atoms with Gasteiger partial charge in [-0.25, -0.2) is 8.42 Å². The fraction of sp³-hybridized carbons (Fsp3) is 0.526. The van der Waals surface area contributed by atoms with Crippen molar-refractivity contribution in [2.24, 2.45) is 0 Å². The van der Waals surface area contributed by atoms with Crippen LogP contribution in [0.5, 0.6) is 0 Å². The normalized spacial score (nSPS) is 15.9. The number of anilines is 1. The summed E-state index contributed by atoms with van der Waals surface area (Å²) in [7, 11) is -3.63. The molecule has 1 aliphatic carbocycles. The quantitative estimate of drug-likeness (QED) is 0.710. The zero-order valence-electron chi connectivity index (χ0n) is 15.6. The summed E-state index contributed by atoms with van der Waals surface area (Å²) in [4.78, 5) is 12.5. The van der Waals surface area contributed by atoms with E-state index in [0.29, 0.717) is 17.3 Å². The van der Waals surface area contributed by atoms with Gasteiger partial charge < -0.3 is 5.32 Å². The highest BCUT2D eigenvalue weighted by Gasteiger charge is 2.29. The van der Waals surface area contributed by atoms with E-state index in [4.69, 9.17) is 11.6 Å². The van der Waals surface area contributed by atoms with Crippen molar-refractivity contribution in [1.82, 2.24) is 5.32 Å². The van der Waals surface area contributed by atoms with Crippen molar-refractivity contribution >= 4 is 33.2 Å². The minimum absolute atomic E-state index is 0.316. The number of carbonyl (C=O) groups excluding carboxylic acids is 1. The van der Waals surface area contributed by atoms with E-state index in [9.17, 15) is 13.2 Å². The molecule has 0 saturated carbocycles. The molecule has 1 aromatic rings. The first-order valence-electron chi connectivity index (χ1n) is 8.91. The number of hydrogen-bond acceptors (Lipinski definition) is 3. The molecule has 7 heteroatoms. The van der Waals surface area contributed by atoms with Crippen molar-refractivity contribution in [1.29, 1.82) is 0 Å². The van der Waals surface area contributed by atoms with E-state index in [1.165, 1.54) is 18.4 Å². The standard InChI is InChI=1S/C19H27ClN2O3S/c1-14-9-10-17(13-18(14)20)22(26(3,24)25)15(2)19(23)21-12-11-16-7-5-4-6-8-16/h7,9-10,13,15H,4-6,8,11-12H2,1-3H3,(H,21,23)/t15-/m1/s1. The smallest absolute Gasteiger partial charge is 0.243 e. The van der Waals surface area contributed by atoms with Gasteiger partial charge in [-0.1, -0.05) is 29.3 Å². The van der Waals surface area contributed by atoms with Gasteiger partial charge in [0.05, 0.1) is 11.9 Å². The second kappa shape index (κ2) is 8.91. The number of halogens is 1. The molecule has 2 rings (SSSR count). The van der Waals surface area contributed by atoms with Crippen LogP contribution in [0.4, 0.5) is 5.69 Å². The second-order valence-electron chi connectivity index (χ2n) is 6.82. The highest BCUT2D eigenvalue weighted by atomic mass is 35.5. The predicted molar refractivity (Wildman–Crippen MR) is 107 cm³/mol. The van der Waals surface area contributed by atoms with E-state index in [1.807, 2.05) is 6.92 Å². The van der Waals surface area contributed by atoms with Crippen molar-refractivity contribution in [3.05, 3.63) is 40.4 Å². The summed E-state index contributed by atoms with van der Waals surface area (Å²) in [6.07, 6.45) is 8.78. The summed E-state index contributed by atoms with van der Waals surface area (Å²) < 4.78 is 25.7. The van der Waals surface area contributed by atoms with Gasteiger partial charge in [0.1, 0.15) is 6.04 Å². The van der Waals surface area contributed by atoms with E-state index in [1.54, 1.807) is 25.1 Å². The number of rotatable bonds is 7. The fourth-order valence-electron chi connectivity index (χ4n) is 3.15. The number of sulfonamides is 1. The average Bonchev–Trinajstić information content (AvgIpc) is 2.58. The maximum atomic E-state index is 12.5. The Hall–Kier alpha value is -1.53. The van der Waals surface area contributed by atoms with Crippen LogP contribution in [-0.2, 0) is 14.8 Å². The molecule has 0 unspecified atom stereocenters. The monoisotopic (exact) mass is 398 g/mol. The van der Waals surface area contributed by atoms with Crippen molar-refractivity contribution in [3.8, 4) is 0 Å². The Morgan fingerprint density at radius 1 is 1.35 bits per heavy atom. The third-order valence-corrected chi connectivity index (χ3v) is 6.28. The topological polar surface area (TPSA) is 66.5 Å². The van der Waals surface area contributed by atoms with Gasteiger partial charge >= 0.3 is 0 Å². The molecule has 1 atom stereocenters. The lowest BCUT2D eigenvalue weighted by Crippen LogP contribution is -2.48. The minimum atomic E-state index is -3.63. The van der Waals surface area contributed by atoms with E-state index in [2.05, 4.69) is 11.4 Å². The largest absolute Gasteiger partial charge is 0.354 e. The zero-order chi connectivity index (χ0) is 19.3. The van der Waals surface area contributed by atoms with Gasteiger partial charge in [0, 0.05) is 11.6 Å². The van der Waals surface area contributed by atoms with Crippen molar-refractivity contribution in [2.45, 2.75) is 52.0 Å². The van der Waals surface area contributed by atoms with Crippen LogP contribution in [0.25, 0.3) is 0 Å². The van der Waals surface area contributed by atoms with Gasteiger partial charge in [-0.3, -0.25) is 9.10 Å². The summed E-state index contributed by atoms with van der Waals surface area (Å²) in [5.74, 6) is -0.316. The summed E-state index contributed by atoms with van der Waals surface area (Å²) in [6, 6.07) is 4.13. The first-order valence-corrected chi connectivity index (χ1v) is 11.1. The first kappa shape index (κ1) is 20.8.